The van der Waals surface area contributed by atoms with E-state index in [4.69, 9.17) is 0 Å². The summed E-state index contributed by atoms with van der Waals surface area (Å²) in [7, 11) is 0. The Morgan fingerprint density at radius 3 is 2.50 bits per heavy atom. The Hall–Kier alpha value is 1.62. The van der Waals surface area contributed by atoms with Gasteiger partial charge in [0.05, 0.1) is 0 Å². The average molecular weight is 174 g/mol. The van der Waals surface area contributed by atoms with Gasteiger partial charge in [0.15, 0.2) is 0 Å². The zero-order chi connectivity index (χ0) is 5.70. The Bertz CT molecular complexity index is 84.1. The van der Waals surface area contributed by atoms with E-state index in [2.05, 4.69) is 36.2 Å². The van der Waals surface area contributed by atoms with Crippen LogP contribution in [0.1, 0.15) is 0 Å². The van der Waals surface area contributed by atoms with Crippen LogP contribution in [0, 0.1) is 0 Å². The third-order valence-corrected chi connectivity index (χ3v) is 0.572. The van der Waals surface area contributed by atoms with Gasteiger partial charge in [0.2, 0.25) is 4.38 Å². The van der Waals surface area contributed by atoms with Crippen LogP contribution >= 0.6 is 24.8 Å². The van der Waals surface area contributed by atoms with Crippen LogP contribution in [0.2, 0.25) is 0 Å². The fourth-order valence-electron chi connectivity index (χ4n) is 0.130. The number of thiol groups is 1. The minimum atomic E-state index is 0. The van der Waals surface area contributed by atoms with Gasteiger partial charge in [-0.3, -0.25) is 0 Å². The number of thiocarbonyl (C=S) groups is 1. The second kappa shape index (κ2) is 8.62. The summed E-state index contributed by atoms with van der Waals surface area (Å²) in [6.45, 7) is 3.86. The molecule has 0 aliphatic carbocycles. The second-order valence-corrected chi connectivity index (χ2v) is 1.95. The monoisotopic (exact) mass is 174 g/mol. The van der Waals surface area contributed by atoms with E-state index in [1.807, 2.05) is 0 Å². The standard InChI is InChI=1S/C4H6OS2.K.H/c1-2-3-5-4(6)7;;/h2H,1,3H2,(H,6,7);;. The van der Waals surface area contributed by atoms with E-state index in [-0.39, 0.29) is 55.8 Å². The van der Waals surface area contributed by atoms with Gasteiger partial charge in [0.1, 0.15) is 6.61 Å². The van der Waals surface area contributed by atoms with Crippen molar-refractivity contribution >= 4 is 80.6 Å². The molecule has 1 nitrogen and oxygen atoms in total. The van der Waals surface area contributed by atoms with E-state index in [9.17, 15) is 0 Å². The molecular formula is C4H7KOS2. The molecule has 0 aliphatic rings. The molecule has 0 radical (unpaired) electrons. The van der Waals surface area contributed by atoms with Gasteiger partial charge in [-0.25, -0.2) is 0 Å². The molecule has 0 heterocycles. The normalized spacial score (nSPS) is 6.62. The molecule has 0 rings (SSSR count). The first kappa shape index (κ1) is 12.3. The summed E-state index contributed by atoms with van der Waals surface area (Å²) < 4.78 is 4.93. The Labute approximate surface area is 103 Å². The molecule has 0 bridgehead atoms. The molecule has 0 fully saturated rings. The third kappa shape index (κ3) is 10.6. The molecule has 0 aromatic heterocycles. The number of hydrogen-bond acceptors (Lipinski definition) is 2. The molecule has 0 aromatic carbocycles. The quantitative estimate of drug-likeness (QED) is 0.286. The van der Waals surface area contributed by atoms with Crippen LogP contribution in [-0.2, 0) is 4.74 Å². The van der Waals surface area contributed by atoms with Gasteiger partial charge in [0.25, 0.3) is 0 Å². The summed E-state index contributed by atoms with van der Waals surface area (Å²) >= 11 is 8.15. The van der Waals surface area contributed by atoms with Crippen molar-refractivity contribution in [3.63, 3.8) is 0 Å². The van der Waals surface area contributed by atoms with Crippen molar-refractivity contribution in [2.75, 3.05) is 6.61 Å². The molecule has 0 atom stereocenters. The fraction of sp³-hybridized carbons (Fsp3) is 0.250. The van der Waals surface area contributed by atoms with E-state index in [0.717, 1.165) is 0 Å². The Kier molecular flexibility index (Phi) is 13.3. The predicted octanol–water partition coefficient (Wildman–Crippen LogP) is 0.755. The van der Waals surface area contributed by atoms with Crippen molar-refractivity contribution in [1.29, 1.82) is 0 Å². The van der Waals surface area contributed by atoms with Gasteiger partial charge in [-0.2, -0.15) is 0 Å². The van der Waals surface area contributed by atoms with Gasteiger partial charge >= 0.3 is 51.4 Å². The van der Waals surface area contributed by atoms with Crippen molar-refractivity contribution in [3.05, 3.63) is 12.7 Å². The molecule has 0 saturated heterocycles. The van der Waals surface area contributed by atoms with E-state index in [1.54, 1.807) is 6.08 Å². The van der Waals surface area contributed by atoms with Crippen LogP contribution in [0.4, 0.5) is 0 Å². The summed E-state index contributed by atoms with van der Waals surface area (Å²) in [6, 6.07) is 0. The van der Waals surface area contributed by atoms with Crippen LogP contribution in [0.5, 0.6) is 0 Å². The van der Waals surface area contributed by atoms with Gasteiger partial charge < -0.3 is 4.74 Å². The number of ether oxygens (including phenoxy) is 1. The molecule has 0 saturated carbocycles. The summed E-state index contributed by atoms with van der Waals surface area (Å²) in [4.78, 5) is 0. The first-order valence-electron chi connectivity index (χ1n) is 1.74. The SMILES string of the molecule is C=CCOC(=S)S.[KH]. The molecule has 8 heavy (non-hydrogen) atoms. The summed E-state index contributed by atoms with van der Waals surface area (Å²) in [5.74, 6) is 0. The van der Waals surface area contributed by atoms with Gasteiger partial charge in [-0.1, -0.05) is 25.3 Å². The molecule has 0 spiro atoms. The van der Waals surface area contributed by atoms with Crippen molar-refractivity contribution in [3.8, 4) is 0 Å². The van der Waals surface area contributed by atoms with E-state index in [0.29, 0.717) is 6.61 Å². The van der Waals surface area contributed by atoms with E-state index in [1.165, 1.54) is 0 Å². The topological polar surface area (TPSA) is 9.23 Å². The first-order valence-corrected chi connectivity index (χ1v) is 2.59. The van der Waals surface area contributed by atoms with Gasteiger partial charge in [-0.05, 0) is 12.2 Å². The zero-order valence-corrected chi connectivity index (χ0v) is 5.47. The average Bonchev–Trinajstić information content (AvgIpc) is 1.61. The third-order valence-electron chi connectivity index (χ3n) is 0.325. The minimum absolute atomic E-state index is 0. The summed E-state index contributed by atoms with van der Waals surface area (Å²) in [6.07, 6.45) is 1.61. The Morgan fingerprint density at radius 1 is 1.88 bits per heavy atom. The maximum atomic E-state index is 4.67. The maximum absolute atomic E-state index is 4.67. The molecule has 0 aliphatic heterocycles. The number of hydrogen-bond donors (Lipinski definition) is 1. The van der Waals surface area contributed by atoms with E-state index >= 15 is 0 Å². The fourth-order valence-corrected chi connectivity index (χ4v) is 0.273. The van der Waals surface area contributed by atoms with Crippen LogP contribution < -0.4 is 0 Å². The molecular weight excluding hydrogens is 167 g/mol. The number of rotatable bonds is 2. The summed E-state index contributed by atoms with van der Waals surface area (Å²) in [5.41, 5.74) is 0. The second-order valence-electron chi connectivity index (χ2n) is 0.866. The van der Waals surface area contributed by atoms with Crippen LogP contribution in [0.3, 0.4) is 0 Å². The van der Waals surface area contributed by atoms with Crippen molar-refractivity contribution in [2.45, 2.75) is 0 Å². The van der Waals surface area contributed by atoms with Crippen molar-refractivity contribution in [2.24, 2.45) is 0 Å². The Balaban J connectivity index is 0. The predicted molar refractivity (Wildman–Crippen MR) is 44.9 cm³/mol. The zero-order valence-electron chi connectivity index (χ0n) is 3.76. The van der Waals surface area contributed by atoms with Crippen molar-refractivity contribution < 1.29 is 4.74 Å². The molecule has 0 amide bonds. The van der Waals surface area contributed by atoms with E-state index < -0.39 is 0 Å². The summed E-state index contributed by atoms with van der Waals surface area (Å²) in [5, 5.41) is 0. The molecule has 4 heteroatoms. The first-order chi connectivity index (χ1) is 3.27. The van der Waals surface area contributed by atoms with Gasteiger partial charge in [-0.15, -0.1) is 0 Å². The molecule has 0 N–H and O–H groups in total. The molecule has 0 unspecified atom stereocenters. The van der Waals surface area contributed by atoms with Crippen LogP contribution in [-0.4, -0.2) is 62.4 Å². The van der Waals surface area contributed by atoms with Crippen LogP contribution in [0.25, 0.3) is 0 Å². The molecule has 42 valence electrons. The van der Waals surface area contributed by atoms with Crippen molar-refractivity contribution in [1.82, 2.24) is 0 Å². The molecule has 0 aromatic rings. The Morgan fingerprint density at radius 2 is 2.38 bits per heavy atom. The van der Waals surface area contributed by atoms with Gasteiger partial charge in [0, 0.05) is 0 Å². The van der Waals surface area contributed by atoms with Crippen LogP contribution in [0.15, 0.2) is 12.7 Å².